The van der Waals surface area contributed by atoms with Crippen molar-refractivity contribution in [1.29, 1.82) is 5.26 Å². The van der Waals surface area contributed by atoms with E-state index in [2.05, 4.69) is 0 Å². The van der Waals surface area contributed by atoms with Gasteiger partial charge in [-0.25, -0.2) is 8.42 Å². The van der Waals surface area contributed by atoms with Crippen LogP contribution in [0.2, 0.25) is 0 Å². The molecule has 0 fully saturated rings. The number of anilines is 1. The van der Waals surface area contributed by atoms with Gasteiger partial charge in [0.2, 0.25) is 10.0 Å². The third-order valence-electron chi connectivity index (χ3n) is 3.06. The Hall–Kier alpha value is -1.58. The van der Waals surface area contributed by atoms with Gasteiger partial charge in [0, 0.05) is 19.3 Å². The van der Waals surface area contributed by atoms with Crippen LogP contribution in [0.5, 0.6) is 0 Å². The van der Waals surface area contributed by atoms with Gasteiger partial charge in [-0.15, -0.1) is 0 Å². The van der Waals surface area contributed by atoms with Crippen LogP contribution in [0.25, 0.3) is 0 Å². The maximum absolute atomic E-state index is 12.5. The number of nitriles is 1. The van der Waals surface area contributed by atoms with E-state index in [1.165, 1.54) is 11.4 Å². The van der Waals surface area contributed by atoms with Crippen molar-refractivity contribution in [3.05, 3.63) is 23.3 Å². The summed E-state index contributed by atoms with van der Waals surface area (Å²) in [5.41, 5.74) is 7.44. The maximum atomic E-state index is 12.5. The normalized spacial score (nSPS) is 13.3. The molecule has 0 aliphatic carbocycles. The molecule has 1 rings (SSSR count). The smallest absolute Gasteiger partial charge is 0.243 e. The molecule has 0 aliphatic heterocycles. The number of sulfonamides is 1. The number of aryl methyl sites for hydroxylation is 1. The first-order valence-corrected chi connectivity index (χ1v) is 7.37. The summed E-state index contributed by atoms with van der Waals surface area (Å²) in [5.74, 6) is -0.360. The summed E-state index contributed by atoms with van der Waals surface area (Å²) in [5, 5.41) is 8.78. The van der Waals surface area contributed by atoms with Crippen molar-refractivity contribution < 1.29 is 8.42 Å². The molecule has 0 saturated heterocycles. The zero-order chi connectivity index (χ0) is 14.8. The van der Waals surface area contributed by atoms with Gasteiger partial charge in [-0.2, -0.15) is 9.57 Å². The number of hydrogen-bond donors (Lipinski definition) is 1. The predicted octanol–water partition coefficient (Wildman–Crippen LogP) is 1.67. The van der Waals surface area contributed by atoms with Crippen LogP contribution in [-0.4, -0.2) is 26.3 Å². The van der Waals surface area contributed by atoms with E-state index in [-0.39, 0.29) is 17.4 Å². The number of nitrogens with two attached hydrogens (primary N) is 1. The van der Waals surface area contributed by atoms with E-state index in [4.69, 9.17) is 11.0 Å². The molecule has 104 valence electrons. The van der Waals surface area contributed by atoms with E-state index in [0.717, 1.165) is 0 Å². The Balaban J connectivity index is 3.29. The van der Waals surface area contributed by atoms with Gasteiger partial charge < -0.3 is 5.73 Å². The van der Waals surface area contributed by atoms with Crippen LogP contribution in [0.15, 0.2) is 17.0 Å². The van der Waals surface area contributed by atoms with E-state index in [9.17, 15) is 8.42 Å². The summed E-state index contributed by atoms with van der Waals surface area (Å²) < 4.78 is 26.3. The molecule has 1 unspecified atom stereocenters. The Morgan fingerprint density at radius 1 is 1.42 bits per heavy atom. The molecule has 0 aromatic heterocycles. The Bertz CT molecular complexity index is 618. The largest absolute Gasteiger partial charge is 0.398 e. The lowest BCUT2D eigenvalue weighted by Crippen LogP contribution is -2.31. The summed E-state index contributed by atoms with van der Waals surface area (Å²) in [6, 6.07) is 5.42. The van der Waals surface area contributed by atoms with E-state index in [1.54, 1.807) is 32.9 Å². The fraction of sp³-hybridized carbons (Fsp3) is 0.462. The molecular formula is C13H19N3O2S. The zero-order valence-electron chi connectivity index (χ0n) is 11.6. The third-order valence-corrected chi connectivity index (χ3v) is 5.18. The van der Waals surface area contributed by atoms with Crippen LogP contribution in [-0.2, 0) is 10.0 Å². The maximum Gasteiger partial charge on any atom is 0.243 e. The Kier molecular flexibility index (Phi) is 4.56. The molecule has 1 aromatic carbocycles. The second-order valence-corrected chi connectivity index (χ2v) is 6.72. The van der Waals surface area contributed by atoms with E-state index >= 15 is 0 Å². The van der Waals surface area contributed by atoms with Crippen molar-refractivity contribution in [2.75, 3.05) is 19.3 Å². The molecule has 2 N–H and O–H groups in total. The van der Waals surface area contributed by atoms with Gasteiger partial charge in [0.25, 0.3) is 0 Å². The predicted molar refractivity (Wildman–Crippen MR) is 74.9 cm³/mol. The van der Waals surface area contributed by atoms with Gasteiger partial charge in [0.15, 0.2) is 0 Å². The Labute approximate surface area is 114 Å². The average molecular weight is 281 g/mol. The van der Waals surface area contributed by atoms with Crippen LogP contribution < -0.4 is 5.73 Å². The van der Waals surface area contributed by atoms with Crippen molar-refractivity contribution in [2.24, 2.45) is 5.92 Å². The van der Waals surface area contributed by atoms with Crippen LogP contribution >= 0.6 is 0 Å². The Morgan fingerprint density at radius 3 is 2.53 bits per heavy atom. The number of hydrogen-bond acceptors (Lipinski definition) is 4. The number of nitrogens with zero attached hydrogens (tertiary/aromatic N) is 2. The van der Waals surface area contributed by atoms with Crippen LogP contribution in [0.3, 0.4) is 0 Å². The first kappa shape index (κ1) is 15.5. The highest BCUT2D eigenvalue weighted by molar-refractivity contribution is 7.89. The Morgan fingerprint density at radius 2 is 2.00 bits per heavy atom. The minimum Gasteiger partial charge on any atom is -0.398 e. The molecule has 1 aromatic rings. The molecule has 0 spiro atoms. The van der Waals surface area contributed by atoms with Crippen LogP contribution in [0.1, 0.15) is 18.1 Å². The monoisotopic (exact) mass is 281 g/mol. The summed E-state index contributed by atoms with van der Waals surface area (Å²) >= 11 is 0. The van der Waals surface area contributed by atoms with Crippen LogP contribution in [0, 0.1) is 31.1 Å². The molecule has 0 aliphatic rings. The van der Waals surface area contributed by atoms with Crippen LogP contribution in [0.4, 0.5) is 5.69 Å². The van der Waals surface area contributed by atoms with Gasteiger partial charge in [0.1, 0.15) is 0 Å². The fourth-order valence-electron chi connectivity index (χ4n) is 1.92. The first-order valence-electron chi connectivity index (χ1n) is 5.93. The lowest BCUT2D eigenvalue weighted by molar-refractivity contribution is 0.438. The summed E-state index contributed by atoms with van der Waals surface area (Å²) in [6.45, 7) is 5.27. The highest BCUT2D eigenvalue weighted by Gasteiger charge is 2.26. The van der Waals surface area contributed by atoms with Gasteiger partial charge in [0.05, 0.1) is 16.9 Å². The van der Waals surface area contributed by atoms with Gasteiger partial charge in [-0.3, -0.25) is 0 Å². The highest BCUT2D eigenvalue weighted by atomic mass is 32.2. The topological polar surface area (TPSA) is 87.2 Å². The lowest BCUT2D eigenvalue weighted by Gasteiger charge is -2.21. The highest BCUT2D eigenvalue weighted by Crippen LogP contribution is 2.27. The average Bonchev–Trinajstić information content (AvgIpc) is 2.33. The molecule has 0 saturated carbocycles. The standard InChI is InChI=1S/C13H19N3O2S/c1-9(7-14)8-16(4)19(17,18)13-10(2)5-6-12(15)11(13)3/h5-6,9H,8,15H2,1-4H3. The molecular weight excluding hydrogens is 262 g/mol. The zero-order valence-corrected chi connectivity index (χ0v) is 12.5. The summed E-state index contributed by atoms with van der Waals surface area (Å²) in [7, 11) is -2.15. The van der Waals surface area contributed by atoms with Gasteiger partial charge >= 0.3 is 0 Å². The minimum atomic E-state index is -3.63. The van der Waals surface area contributed by atoms with Crippen molar-refractivity contribution in [3.8, 4) is 6.07 Å². The van der Waals surface area contributed by atoms with E-state index < -0.39 is 10.0 Å². The van der Waals surface area contributed by atoms with Crippen molar-refractivity contribution in [1.82, 2.24) is 4.31 Å². The summed E-state index contributed by atoms with van der Waals surface area (Å²) in [4.78, 5) is 0.236. The SMILES string of the molecule is Cc1ccc(N)c(C)c1S(=O)(=O)N(C)CC(C)C#N. The number of rotatable bonds is 4. The van der Waals surface area contributed by atoms with Crippen molar-refractivity contribution >= 4 is 15.7 Å². The molecule has 5 nitrogen and oxygen atoms in total. The fourth-order valence-corrected chi connectivity index (χ4v) is 3.63. The quantitative estimate of drug-likeness (QED) is 0.850. The number of benzene rings is 1. The van der Waals surface area contributed by atoms with Crippen molar-refractivity contribution in [2.45, 2.75) is 25.7 Å². The van der Waals surface area contributed by atoms with E-state index in [0.29, 0.717) is 16.8 Å². The molecule has 0 radical (unpaired) electrons. The minimum absolute atomic E-state index is 0.159. The lowest BCUT2D eigenvalue weighted by atomic mass is 10.1. The van der Waals surface area contributed by atoms with Gasteiger partial charge in [-0.05, 0) is 38.0 Å². The second kappa shape index (κ2) is 5.59. The molecule has 6 heteroatoms. The molecule has 0 heterocycles. The summed E-state index contributed by atoms with van der Waals surface area (Å²) in [6.07, 6.45) is 0. The number of nitrogen functional groups attached to an aromatic ring is 1. The van der Waals surface area contributed by atoms with Crippen molar-refractivity contribution in [3.63, 3.8) is 0 Å². The molecule has 0 amide bonds. The molecule has 19 heavy (non-hydrogen) atoms. The molecule has 1 atom stereocenters. The second-order valence-electron chi connectivity index (χ2n) is 4.74. The molecule has 0 bridgehead atoms. The third kappa shape index (κ3) is 3.06. The van der Waals surface area contributed by atoms with Gasteiger partial charge in [-0.1, -0.05) is 6.07 Å². The van der Waals surface area contributed by atoms with E-state index in [1.807, 2.05) is 6.07 Å². The first-order chi connectivity index (χ1) is 8.71.